The van der Waals surface area contributed by atoms with Crippen LogP contribution in [0.1, 0.15) is 24.5 Å². The Kier molecular flexibility index (Phi) is 3.66. The second kappa shape index (κ2) is 4.40. The molecule has 0 fully saturated rings. The van der Waals surface area contributed by atoms with Gasteiger partial charge in [0.15, 0.2) is 4.32 Å². The zero-order chi connectivity index (χ0) is 10.8. The van der Waals surface area contributed by atoms with Gasteiger partial charge in [-0.1, -0.05) is 15.9 Å². The first-order valence-corrected chi connectivity index (χ1v) is 5.94. The summed E-state index contributed by atoms with van der Waals surface area (Å²) in [6.45, 7) is 5.82. The lowest BCUT2D eigenvalue weighted by Gasteiger charge is -2.17. The molecule has 14 heavy (non-hydrogen) atoms. The summed E-state index contributed by atoms with van der Waals surface area (Å²) in [5.74, 6) is -0.297. The molecule has 3 nitrogen and oxygen atoms in total. The van der Waals surface area contributed by atoms with E-state index in [0.717, 1.165) is 10.7 Å². The Morgan fingerprint density at radius 1 is 1.79 bits per heavy atom. The normalized spacial score (nSPS) is 14.9. The molecule has 1 rings (SSSR count). The maximum absolute atomic E-state index is 11.6. The van der Waals surface area contributed by atoms with Crippen LogP contribution in [0.15, 0.2) is 5.38 Å². The molecule has 0 bridgehead atoms. The molecule has 0 radical (unpaired) electrons. The van der Waals surface area contributed by atoms with E-state index in [2.05, 4.69) is 20.9 Å². The molecule has 1 atom stereocenters. The number of nitrogens with zero attached hydrogens (tertiary/aromatic N) is 1. The molecule has 1 aromatic heterocycles. The van der Waals surface area contributed by atoms with Crippen LogP contribution in [0.2, 0.25) is 0 Å². The summed E-state index contributed by atoms with van der Waals surface area (Å²) in [6, 6.07) is 0. The van der Waals surface area contributed by atoms with Crippen LogP contribution in [-0.2, 0) is 13.9 Å². The standard InChI is InChI=1S/C9H12BrNO2S/c1-4-13-8(12)9(3,10)7-11-6(2)5-14-7/h5H,4H2,1-3H3. The average molecular weight is 278 g/mol. The van der Waals surface area contributed by atoms with Gasteiger partial charge in [-0.15, -0.1) is 11.3 Å². The molecule has 0 aromatic carbocycles. The highest BCUT2D eigenvalue weighted by molar-refractivity contribution is 9.10. The largest absolute Gasteiger partial charge is 0.465 e. The number of alkyl halides is 1. The summed E-state index contributed by atoms with van der Waals surface area (Å²) in [6.07, 6.45) is 0. The smallest absolute Gasteiger partial charge is 0.329 e. The van der Waals surface area contributed by atoms with Crippen LogP contribution in [0.5, 0.6) is 0 Å². The van der Waals surface area contributed by atoms with Gasteiger partial charge < -0.3 is 4.74 Å². The van der Waals surface area contributed by atoms with Gasteiger partial charge in [-0.25, -0.2) is 4.98 Å². The van der Waals surface area contributed by atoms with Crippen molar-refractivity contribution in [1.29, 1.82) is 0 Å². The molecule has 0 saturated heterocycles. The summed E-state index contributed by atoms with van der Waals surface area (Å²) < 4.78 is 4.13. The Morgan fingerprint density at radius 2 is 2.43 bits per heavy atom. The summed E-state index contributed by atoms with van der Waals surface area (Å²) in [4.78, 5) is 15.8. The number of aryl methyl sites for hydroxylation is 1. The van der Waals surface area contributed by atoms with Gasteiger partial charge in [0.2, 0.25) is 0 Å². The van der Waals surface area contributed by atoms with Crippen molar-refractivity contribution in [3.8, 4) is 0 Å². The summed E-state index contributed by atoms with van der Waals surface area (Å²) in [5, 5.41) is 2.64. The molecule has 5 heteroatoms. The summed E-state index contributed by atoms with van der Waals surface area (Å²) in [7, 11) is 0. The number of thiazole rings is 1. The van der Waals surface area contributed by atoms with Gasteiger partial charge in [-0.3, -0.25) is 4.79 Å². The van der Waals surface area contributed by atoms with E-state index in [1.807, 2.05) is 12.3 Å². The zero-order valence-electron chi connectivity index (χ0n) is 8.33. The van der Waals surface area contributed by atoms with Gasteiger partial charge in [0.05, 0.1) is 6.61 Å². The van der Waals surface area contributed by atoms with Crippen LogP contribution in [0.25, 0.3) is 0 Å². The van der Waals surface area contributed by atoms with Crippen LogP contribution >= 0.6 is 27.3 Å². The Morgan fingerprint density at radius 3 is 2.86 bits per heavy atom. The van der Waals surface area contributed by atoms with E-state index in [-0.39, 0.29) is 5.97 Å². The molecule has 0 spiro atoms. The molecular weight excluding hydrogens is 266 g/mol. The van der Waals surface area contributed by atoms with Crippen molar-refractivity contribution in [3.63, 3.8) is 0 Å². The fourth-order valence-electron chi connectivity index (χ4n) is 0.924. The van der Waals surface area contributed by atoms with E-state index < -0.39 is 4.32 Å². The maximum Gasteiger partial charge on any atom is 0.329 e. The molecule has 0 N–H and O–H groups in total. The second-order valence-electron chi connectivity index (χ2n) is 3.02. The maximum atomic E-state index is 11.6. The lowest BCUT2D eigenvalue weighted by Crippen LogP contribution is -2.27. The number of carbonyl (C=O) groups is 1. The van der Waals surface area contributed by atoms with E-state index in [1.165, 1.54) is 11.3 Å². The third-order valence-electron chi connectivity index (χ3n) is 1.68. The van der Waals surface area contributed by atoms with Gasteiger partial charge in [0.25, 0.3) is 0 Å². The van der Waals surface area contributed by atoms with Crippen molar-refractivity contribution in [2.75, 3.05) is 6.61 Å². The molecule has 0 amide bonds. The van der Waals surface area contributed by atoms with Crippen LogP contribution in [-0.4, -0.2) is 17.6 Å². The van der Waals surface area contributed by atoms with E-state index in [1.54, 1.807) is 13.8 Å². The number of rotatable bonds is 3. The summed E-state index contributed by atoms with van der Waals surface area (Å²) >= 11 is 4.80. The number of halogens is 1. The first kappa shape index (κ1) is 11.7. The molecule has 0 aliphatic rings. The van der Waals surface area contributed by atoms with Crippen molar-refractivity contribution in [2.45, 2.75) is 25.1 Å². The lowest BCUT2D eigenvalue weighted by molar-refractivity contribution is -0.145. The first-order valence-electron chi connectivity index (χ1n) is 4.27. The Hall–Kier alpha value is -0.420. The number of ether oxygens (including phenoxy) is 1. The van der Waals surface area contributed by atoms with Crippen molar-refractivity contribution >= 4 is 33.2 Å². The Labute approximate surface area is 95.6 Å². The minimum absolute atomic E-state index is 0.297. The number of carbonyl (C=O) groups excluding carboxylic acids is 1. The third-order valence-corrected chi connectivity index (χ3v) is 3.82. The molecule has 1 unspecified atom stereocenters. The zero-order valence-corrected chi connectivity index (χ0v) is 10.7. The van der Waals surface area contributed by atoms with Crippen molar-refractivity contribution in [3.05, 3.63) is 16.1 Å². The monoisotopic (exact) mass is 277 g/mol. The number of aromatic nitrogens is 1. The molecule has 0 aliphatic heterocycles. The predicted octanol–water partition coefficient (Wildman–Crippen LogP) is 2.62. The van der Waals surface area contributed by atoms with Gasteiger partial charge in [0.1, 0.15) is 5.01 Å². The Balaban J connectivity index is 2.89. The molecule has 0 saturated carbocycles. The van der Waals surface area contributed by atoms with E-state index in [9.17, 15) is 4.79 Å². The van der Waals surface area contributed by atoms with E-state index >= 15 is 0 Å². The topological polar surface area (TPSA) is 39.2 Å². The quantitative estimate of drug-likeness (QED) is 0.630. The summed E-state index contributed by atoms with van der Waals surface area (Å²) in [5.41, 5.74) is 0.917. The number of esters is 1. The van der Waals surface area contributed by atoms with Gasteiger partial charge in [-0.2, -0.15) is 0 Å². The van der Waals surface area contributed by atoms with Crippen molar-refractivity contribution < 1.29 is 9.53 Å². The highest BCUT2D eigenvalue weighted by Gasteiger charge is 2.36. The average Bonchev–Trinajstić information content (AvgIpc) is 2.52. The van der Waals surface area contributed by atoms with Crippen molar-refractivity contribution in [2.24, 2.45) is 0 Å². The highest BCUT2D eigenvalue weighted by atomic mass is 79.9. The molecule has 1 heterocycles. The molecule has 78 valence electrons. The van der Waals surface area contributed by atoms with Crippen LogP contribution < -0.4 is 0 Å². The predicted molar refractivity (Wildman–Crippen MR) is 59.8 cm³/mol. The van der Waals surface area contributed by atoms with E-state index in [4.69, 9.17) is 4.74 Å². The lowest BCUT2D eigenvalue weighted by atomic mass is 10.2. The minimum atomic E-state index is -0.818. The fraction of sp³-hybridized carbons (Fsp3) is 0.556. The van der Waals surface area contributed by atoms with Gasteiger partial charge >= 0.3 is 5.97 Å². The van der Waals surface area contributed by atoms with Crippen molar-refractivity contribution in [1.82, 2.24) is 4.98 Å². The Bertz CT molecular complexity index is 335. The van der Waals surface area contributed by atoms with Crippen LogP contribution in [0.4, 0.5) is 0 Å². The minimum Gasteiger partial charge on any atom is -0.465 e. The van der Waals surface area contributed by atoms with Gasteiger partial charge in [0, 0.05) is 11.1 Å². The first-order chi connectivity index (χ1) is 6.48. The van der Waals surface area contributed by atoms with Gasteiger partial charge in [-0.05, 0) is 20.8 Å². The van der Waals surface area contributed by atoms with Crippen LogP contribution in [0.3, 0.4) is 0 Å². The number of hydrogen-bond acceptors (Lipinski definition) is 4. The second-order valence-corrected chi connectivity index (χ2v) is 5.46. The molecule has 1 aromatic rings. The highest BCUT2D eigenvalue weighted by Crippen LogP contribution is 2.34. The SMILES string of the molecule is CCOC(=O)C(C)(Br)c1nc(C)cs1. The molecule has 0 aliphatic carbocycles. The van der Waals surface area contributed by atoms with E-state index in [0.29, 0.717) is 6.61 Å². The molecular formula is C9H12BrNO2S. The third kappa shape index (κ3) is 2.33. The number of hydrogen-bond donors (Lipinski definition) is 0. The van der Waals surface area contributed by atoms with Crippen LogP contribution in [0, 0.1) is 6.92 Å². The fourth-order valence-corrected chi connectivity index (χ4v) is 2.24.